The minimum Gasteiger partial charge on any atom is -0.508 e. The number of aliphatic carboxylic acids is 1. The van der Waals surface area contributed by atoms with E-state index in [1.165, 1.54) is 12.1 Å². The first-order chi connectivity index (χ1) is 15.7. The van der Waals surface area contributed by atoms with Crippen LogP contribution in [0, 0.1) is 0 Å². The zero-order chi connectivity index (χ0) is 24.8. The Balaban J connectivity index is 3.03. The molecule has 0 aromatic heterocycles. The van der Waals surface area contributed by atoms with Gasteiger partial charge in [-0.3, -0.25) is 19.2 Å². The van der Waals surface area contributed by atoms with Crippen LogP contribution in [-0.4, -0.2) is 71.4 Å². The molecule has 0 unspecified atom stereocenters. The van der Waals surface area contributed by atoms with Crippen LogP contribution >= 0.6 is 0 Å². The molecule has 0 saturated carbocycles. The Morgan fingerprint density at radius 3 is 2.12 bits per heavy atom. The van der Waals surface area contributed by atoms with E-state index in [9.17, 15) is 29.1 Å². The molecule has 12 nitrogen and oxygen atoms in total. The number of carbonyl (C=O) groups excluding carboxylic acids is 4. The van der Waals surface area contributed by atoms with E-state index in [1.54, 1.807) is 12.1 Å². The number of nitrogens with two attached hydrogens (primary N) is 2. The first kappa shape index (κ1) is 27.5. The molecular formula is C21H31N5O7. The summed E-state index contributed by atoms with van der Waals surface area (Å²) in [6.07, 6.45) is 1.49. The monoisotopic (exact) mass is 465 g/mol. The Labute approximate surface area is 191 Å². The van der Waals surface area contributed by atoms with E-state index in [4.69, 9.17) is 16.6 Å². The van der Waals surface area contributed by atoms with E-state index < -0.39 is 54.8 Å². The SMILES string of the molecule is NCCCC[C@@H](C=O)NC(=O)[C@@H](Cc1ccc(O)cc1)NC(=O)[C@@H](CC(=O)O)NC(=O)CN. The molecular weight excluding hydrogens is 434 g/mol. The standard InChI is InChI=1S/C21H31N5O7/c22-8-2-1-3-14(12-27)24-20(32)16(9-13-4-6-15(28)7-5-13)26-21(33)17(10-19(30)31)25-18(29)11-23/h4-7,12,14,16-17,28H,1-3,8-11,22-23H2,(H,24,32)(H,25,29)(H,26,33)(H,30,31)/t14-,16+,17+/m0/s1. The van der Waals surface area contributed by atoms with Gasteiger partial charge >= 0.3 is 5.97 Å². The smallest absolute Gasteiger partial charge is 0.305 e. The number of unbranched alkanes of at least 4 members (excludes halogenated alkanes) is 1. The summed E-state index contributed by atoms with van der Waals surface area (Å²) in [5, 5.41) is 25.7. The van der Waals surface area contributed by atoms with Crippen molar-refractivity contribution in [3.63, 3.8) is 0 Å². The summed E-state index contributed by atoms with van der Waals surface area (Å²) in [6, 6.07) is 2.46. The second kappa shape index (κ2) is 14.5. The van der Waals surface area contributed by atoms with Crippen molar-refractivity contribution >= 4 is 30.0 Å². The Morgan fingerprint density at radius 2 is 1.58 bits per heavy atom. The largest absolute Gasteiger partial charge is 0.508 e. The molecule has 0 bridgehead atoms. The lowest BCUT2D eigenvalue weighted by Gasteiger charge is -2.24. The van der Waals surface area contributed by atoms with Crippen LogP contribution in [0.2, 0.25) is 0 Å². The van der Waals surface area contributed by atoms with Crippen molar-refractivity contribution in [3.8, 4) is 5.75 Å². The highest BCUT2D eigenvalue weighted by atomic mass is 16.4. The number of carboxylic acid groups (broad SMARTS) is 1. The summed E-state index contributed by atoms with van der Waals surface area (Å²) in [5.74, 6) is -3.63. The van der Waals surface area contributed by atoms with E-state index >= 15 is 0 Å². The van der Waals surface area contributed by atoms with Crippen molar-refractivity contribution in [2.45, 2.75) is 50.2 Å². The highest BCUT2D eigenvalue weighted by molar-refractivity contribution is 5.94. The van der Waals surface area contributed by atoms with Crippen molar-refractivity contribution in [2.24, 2.45) is 11.5 Å². The van der Waals surface area contributed by atoms with Crippen LogP contribution in [0.1, 0.15) is 31.2 Å². The third-order valence-corrected chi connectivity index (χ3v) is 4.69. The molecule has 182 valence electrons. The second-order valence-corrected chi connectivity index (χ2v) is 7.39. The molecule has 0 radical (unpaired) electrons. The minimum absolute atomic E-state index is 0.00993. The highest BCUT2D eigenvalue weighted by Crippen LogP contribution is 2.12. The molecule has 33 heavy (non-hydrogen) atoms. The second-order valence-electron chi connectivity index (χ2n) is 7.39. The number of aldehydes is 1. The van der Waals surface area contributed by atoms with Crippen molar-refractivity contribution in [2.75, 3.05) is 13.1 Å². The molecule has 1 aromatic rings. The molecule has 1 rings (SSSR count). The molecule has 0 aliphatic rings. The Morgan fingerprint density at radius 1 is 0.939 bits per heavy atom. The summed E-state index contributed by atoms with van der Waals surface area (Å²) >= 11 is 0. The van der Waals surface area contributed by atoms with Crippen molar-refractivity contribution in [1.82, 2.24) is 16.0 Å². The number of carbonyl (C=O) groups is 5. The summed E-state index contributed by atoms with van der Waals surface area (Å²) in [5.41, 5.74) is 11.2. The lowest BCUT2D eigenvalue weighted by molar-refractivity contribution is -0.141. The third kappa shape index (κ3) is 10.6. The van der Waals surface area contributed by atoms with Gasteiger partial charge in [0.25, 0.3) is 0 Å². The molecule has 0 fully saturated rings. The van der Waals surface area contributed by atoms with Crippen LogP contribution in [0.25, 0.3) is 0 Å². The van der Waals surface area contributed by atoms with Crippen LogP contribution in [-0.2, 0) is 30.4 Å². The molecule has 1 aromatic carbocycles. The number of phenols is 1. The summed E-state index contributed by atoms with van der Waals surface area (Å²) < 4.78 is 0. The number of aromatic hydroxyl groups is 1. The van der Waals surface area contributed by atoms with E-state index in [0.717, 1.165) is 0 Å². The van der Waals surface area contributed by atoms with Gasteiger partial charge in [-0.25, -0.2) is 0 Å². The Bertz CT molecular complexity index is 816. The number of hydrogen-bond acceptors (Lipinski definition) is 8. The number of nitrogens with one attached hydrogen (secondary N) is 3. The molecule has 3 atom stereocenters. The van der Waals surface area contributed by atoms with Crippen LogP contribution in [0.4, 0.5) is 0 Å². The fraction of sp³-hybridized carbons (Fsp3) is 0.476. The molecule has 0 saturated heterocycles. The van der Waals surface area contributed by atoms with Gasteiger partial charge in [0.15, 0.2) is 0 Å². The number of benzene rings is 1. The summed E-state index contributed by atoms with van der Waals surface area (Å²) in [6.45, 7) is -0.0107. The topological polar surface area (TPSA) is 214 Å². The van der Waals surface area contributed by atoms with E-state index in [1.807, 2.05) is 0 Å². The van der Waals surface area contributed by atoms with Crippen molar-refractivity contribution in [1.29, 1.82) is 0 Å². The fourth-order valence-corrected chi connectivity index (χ4v) is 2.95. The number of carboxylic acids is 1. The van der Waals surface area contributed by atoms with E-state index in [0.29, 0.717) is 37.7 Å². The fourth-order valence-electron chi connectivity index (χ4n) is 2.95. The lowest BCUT2D eigenvalue weighted by atomic mass is 10.0. The van der Waals surface area contributed by atoms with Crippen LogP contribution < -0.4 is 27.4 Å². The van der Waals surface area contributed by atoms with E-state index in [2.05, 4.69) is 16.0 Å². The number of hydrogen-bond donors (Lipinski definition) is 7. The minimum atomic E-state index is -1.46. The molecule has 0 spiro atoms. The highest BCUT2D eigenvalue weighted by Gasteiger charge is 2.29. The van der Waals surface area contributed by atoms with Gasteiger partial charge in [0, 0.05) is 6.42 Å². The van der Waals surface area contributed by atoms with Crippen LogP contribution in [0.5, 0.6) is 5.75 Å². The molecule has 3 amide bonds. The van der Waals surface area contributed by atoms with Crippen molar-refractivity contribution < 1.29 is 34.2 Å². The zero-order valence-electron chi connectivity index (χ0n) is 18.2. The van der Waals surface area contributed by atoms with Gasteiger partial charge in [0.1, 0.15) is 24.1 Å². The average Bonchev–Trinajstić information content (AvgIpc) is 2.78. The molecule has 9 N–H and O–H groups in total. The summed E-state index contributed by atoms with van der Waals surface area (Å²) in [7, 11) is 0. The number of phenolic OH excluding ortho intramolecular Hbond substituents is 1. The number of amides is 3. The molecule has 12 heteroatoms. The maximum absolute atomic E-state index is 12.9. The molecule has 0 heterocycles. The lowest BCUT2D eigenvalue weighted by Crippen LogP contribution is -2.56. The van der Waals surface area contributed by atoms with Gasteiger partial charge in [-0.1, -0.05) is 12.1 Å². The first-order valence-electron chi connectivity index (χ1n) is 10.4. The maximum atomic E-state index is 12.9. The Hall–Kier alpha value is -3.51. The van der Waals surface area contributed by atoms with Gasteiger partial charge in [-0.2, -0.15) is 0 Å². The molecule has 0 aliphatic carbocycles. The van der Waals surface area contributed by atoms with Crippen molar-refractivity contribution in [3.05, 3.63) is 29.8 Å². The first-order valence-corrected chi connectivity index (χ1v) is 10.4. The van der Waals surface area contributed by atoms with Gasteiger partial charge in [0.2, 0.25) is 17.7 Å². The Kier molecular flexibility index (Phi) is 12.1. The van der Waals surface area contributed by atoms with Crippen LogP contribution in [0.15, 0.2) is 24.3 Å². The van der Waals surface area contributed by atoms with E-state index in [-0.39, 0.29) is 12.2 Å². The van der Waals surface area contributed by atoms with Gasteiger partial charge in [-0.05, 0) is 43.5 Å². The third-order valence-electron chi connectivity index (χ3n) is 4.69. The molecule has 0 aliphatic heterocycles. The van der Waals surface area contributed by atoms with Gasteiger partial charge < -0.3 is 42.4 Å². The predicted octanol–water partition coefficient (Wildman–Crippen LogP) is -1.85. The van der Waals surface area contributed by atoms with Crippen LogP contribution in [0.3, 0.4) is 0 Å². The number of rotatable bonds is 15. The predicted molar refractivity (Wildman–Crippen MR) is 118 cm³/mol. The van der Waals surface area contributed by atoms with Gasteiger partial charge in [0.05, 0.1) is 19.0 Å². The normalized spacial score (nSPS) is 13.3. The average molecular weight is 466 g/mol. The maximum Gasteiger partial charge on any atom is 0.305 e. The summed E-state index contributed by atoms with van der Waals surface area (Å²) in [4.78, 5) is 59.7. The quantitative estimate of drug-likeness (QED) is 0.114. The van der Waals surface area contributed by atoms with Gasteiger partial charge in [-0.15, -0.1) is 0 Å². The zero-order valence-corrected chi connectivity index (χ0v) is 18.2.